The van der Waals surface area contributed by atoms with Crippen LogP contribution >= 0.6 is 11.6 Å². The van der Waals surface area contributed by atoms with Gasteiger partial charge < -0.3 is 10.1 Å². The van der Waals surface area contributed by atoms with Gasteiger partial charge in [0.1, 0.15) is 5.75 Å². The van der Waals surface area contributed by atoms with E-state index in [2.05, 4.69) is 24.3 Å². The van der Waals surface area contributed by atoms with Crippen LogP contribution in [0, 0.1) is 0 Å². The molecule has 3 aromatic rings. The maximum Gasteiger partial charge on any atom is 0.254 e. The van der Waals surface area contributed by atoms with Crippen molar-refractivity contribution < 1.29 is 9.53 Å². The van der Waals surface area contributed by atoms with E-state index in [1.165, 1.54) is 0 Å². The van der Waals surface area contributed by atoms with E-state index in [1.54, 1.807) is 18.0 Å². The molecule has 3 rings (SSSR count). The lowest BCUT2D eigenvalue weighted by Gasteiger charge is -2.13. The highest BCUT2D eigenvalue weighted by Gasteiger charge is 2.20. The average Bonchev–Trinajstić information content (AvgIpc) is 3.14. The van der Waals surface area contributed by atoms with Crippen molar-refractivity contribution in [3.63, 3.8) is 0 Å². The van der Waals surface area contributed by atoms with Crippen molar-refractivity contribution in [2.75, 3.05) is 13.7 Å². The molecule has 28 heavy (non-hydrogen) atoms. The summed E-state index contributed by atoms with van der Waals surface area (Å²) in [4.78, 5) is 12.8. The summed E-state index contributed by atoms with van der Waals surface area (Å²) in [5.41, 5.74) is 3.40. The number of nitrogens with one attached hydrogen (secondary N) is 1. The third-order valence-electron chi connectivity index (χ3n) is 4.54. The SMILES string of the molecule is COc1ccccc1CCNC(=O)c1cnn(-c2ccc(Cl)cc2)c1C(C)C. The molecule has 1 heterocycles. The summed E-state index contributed by atoms with van der Waals surface area (Å²) in [6.07, 6.45) is 2.32. The van der Waals surface area contributed by atoms with E-state index in [9.17, 15) is 4.79 Å². The van der Waals surface area contributed by atoms with E-state index >= 15 is 0 Å². The Morgan fingerprint density at radius 3 is 2.57 bits per heavy atom. The monoisotopic (exact) mass is 397 g/mol. The number of nitrogens with zero attached hydrogens (tertiary/aromatic N) is 2. The first kappa shape index (κ1) is 20.0. The van der Waals surface area contributed by atoms with Gasteiger partial charge in [0, 0.05) is 11.6 Å². The number of carbonyl (C=O) groups excluding carboxylic acids is 1. The highest BCUT2D eigenvalue weighted by atomic mass is 35.5. The molecular formula is C22H24ClN3O2. The average molecular weight is 398 g/mol. The molecule has 1 aromatic heterocycles. The number of halogens is 1. The smallest absolute Gasteiger partial charge is 0.254 e. The number of aromatic nitrogens is 2. The maximum absolute atomic E-state index is 12.8. The Balaban J connectivity index is 1.75. The van der Waals surface area contributed by atoms with Gasteiger partial charge in [0.15, 0.2) is 0 Å². The molecule has 0 atom stereocenters. The van der Waals surface area contributed by atoms with Crippen LogP contribution in [0.2, 0.25) is 5.02 Å². The number of benzene rings is 2. The van der Waals surface area contributed by atoms with E-state index in [0.29, 0.717) is 23.6 Å². The van der Waals surface area contributed by atoms with Crippen molar-refractivity contribution in [1.82, 2.24) is 15.1 Å². The molecule has 1 N–H and O–H groups in total. The molecule has 0 unspecified atom stereocenters. The van der Waals surface area contributed by atoms with Crippen molar-refractivity contribution in [2.24, 2.45) is 0 Å². The molecule has 0 saturated carbocycles. The minimum absolute atomic E-state index is 0.126. The van der Waals surface area contributed by atoms with Gasteiger partial charge in [-0.3, -0.25) is 4.79 Å². The Morgan fingerprint density at radius 1 is 1.18 bits per heavy atom. The van der Waals surface area contributed by atoms with Gasteiger partial charge >= 0.3 is 0 Å². The van der Waals surface area contributed by atoms with Crippen LogP contribution in [0.1, 0.15) is 41.4 Å². The first-order valence-electron chi connectivity index (χ1n) is 9.25. The molecule has 6 heteroatoms. The number of hydrogen-bond donors (Lipinski definition) is 1. The van der Waals surface area contributed by atoms with Crippen LogP contribution in [-0.4, -0.2) is 29.3 Å². The Morgan fingerprint density at radius 2 is 1.89 bits per heavy atom. The number of ether oxygens (including phenoxy) is 1. The van der Waals surface area contributed by atoms with E-state index in [-0.39, 0.29) is 11.8 Å². The fourth-order valence-electron chi connectivity index (χ4n) is 3.19. The van der Waals surface area contributed by atoms with Gasteiger partial charge in [0.05, 0.1) is 30.3 Å². The summed E-state index contributed by atoms with van der Waals surface area (Å²) in [7, 11) is 1.65. The predicted molar refractivity (Wildman–Crippen MR) is 112 cm³/mol. The fraction of sp³-hybridized carbons (Fsp3) is 0.273. The van der Waals surface area contributed by atoms with Crippen molar-refractivity contribution >= 4 is 17.5 Å². The molecule has 1 amide bonds. The molecule has 0 aliphatic heterocycles. The van der Waals surface area contributed by atoms with E-state index in [1.807, 2.05) is 48.5 Å². The summed E-state index contributed by atoms with van der Waals surface area (Å²) >= 11 is 5.98. The van der Waals surface area contributed by atoms with Crippen LogP contribution in [0.3, 0.4) is 0 Å². The number of hydrogen-bond acceptors (Lipinski definition) is 3. The van der Waals surface area contributed by atoms with Crippen molar-refractivity contribution in [3.8, 4) is 11.4 Å². The van der Waals surface area contributed by atoms with Crippen LogP contribution in [0.5, 0.6) is 5.75 Å². The van der Waals surface area contributed by atoms with E-state index < -0.39 is 0 Å². The summed E-state index contributed by atoms with van der Waals surface area (Å²) in [6.45, 7) is 4.62. The third-order valence-corrected chi connectivity index (χ3v) is 4.79. The van der Waals surface area contributed by atoms with Gasteiger partial charge in [-0.2, -0.15) is 5.10 Å². The Labute approximate surface area is 170 Å². The first-order valence-corrected chi connectivity index (χ1v) is 9.63. The largest absolute Gasteiger partial charge is 0.496 e. The van der Waals surface area contributed by atoms with Crippen LogP contribution in [0.4, 0.5) is 0 Å². The summed E-state index contributed by atoms with van der Waals surface area (Å²) in [5.74, 6) is 0.835. The zero-order valence-corrected chi connectivity index (χ0v) is 17.0. The van der Waals surface area contributed by atoms with Crippen LogP contribution in [0.15, 0.2) is 54.7 Å². The van der Waals surface area contributed by atoms with E-state index in [0.717, 1.165) is 22.7 Å². The van der Waals surface area contributed by atoms with Crippen LogP contribution in [-0.2, 0) is 6.42 Å². The molecule has 2 aromatic carbocycles. The molecule has 0 spiro atoms. The van der Waals surface area contributed by atoms with Gasteiger partial charge in [0.25, 0.3) is 5.91 Å². The maximum atomic E-state index is 12.8. The second-order valence-corrected chi connectivity index (χ2v) is 7.24. The Kier molecular flexibility index (Phi) is 6.37. The molecule has 146 valence electrons. The number of carbonyl (C=O) groups is 1. The zero-order chi connectivity index (χ0) is 20.1. The highest BCUT2D eigenvalue weighted by molar-refractivity contribution is 6.30. The lowest BCUT2D eigenvalue weighted by Crippen LogP contribution is -2.26. The second-order valence-electron chi connectivity index (χ2n) is 6.80. The second kappa shape index (κ2) is 8.93. The van der Waals surface area contributed by atoms with Crippen LogP contribution < -0.4 is 10.1 Å². The lowest BCUT2D eigenvalue weighted by molar-refractivity contribution is 0.0952. The molecular weight excluding hydrogens is 374 g/mol. The zero-order valence-electron chi connectivity index (χ0n) is 16.3. The molecule has 0 saturated heterocycles. The number of para-hydroxylation sites is 1. The van der Waals surface area contributed by atoms with Gasteiger partial charge in [0.2, 0.25) is 0 Å². The molecule has 0 fully saturated rings. The predicted octanol–water partition coefficient (Wildman–Crippen LogP) is 4.63. The molecule has 0 bridgehead atoms. The standard InChI is InChI=1S/C22H24ClN3O2/c1-15(2)21-19(14-25-26(21)18-10-8-17(23)9-11-18)22(27)24-13-12-16-6-4-5-7-20(16)28-3/h4-11,14-15H,12-13H2,1-3H3,(H,24,27). The van der Waals surface area contributed by atoms with Gasteiger partial charge in [-0.25, -0.2) is 4.68 Å². The van der Waals surface area contributed by atoms with Gasteiger partial charge in [-0.15, -0.1) is 0 Å². The normalized spacial score (nSPS) is 10.9. The lowest BCUT2D eigenvalue weighted by atomic mass is 10.0. The van der Waals surface area contributed by atoms with Crippen molar-refractivity contribution in [1.29, 1.82) is 0 Å². The minimum Gasteiger partial charge on any atom is -0.496 e. The van der Waals surface area contributed by atoms with Gasteiger partial charge in [-0.1, -0.05) is 43.6 Å². The third kappa shape index (κ3) is 4.37. The summed E-state index contributed by atoms with van der Waals surface area (Å²) < 4.78 is 7.17. The Bertz CT molecular complexity index is 949. The van der Waals surface area contributed by atoms with E-state index in [4.69, 9.17) is 16.3 Å². The molecule has 5 nitrogen and oxygen atoms in total. The topological polar surface area (TPSA) is 56.1 Å². The fourth-order valence-corrected chi connectivity index (χ4v) is 3.32. The molecule has 0 aliphatic rings. The quantitative estimate of drug-likeness (QED) is 0.632. The van der Waals surface area contributed by atoms with Crippen molar-refractivity contribution in [2.45, 2.75) is 26.2 Å². The molecule has 0 radical (unpaired) electrons. The highest BCUT2D eigenvalue weighted by Crippen LogP contribution is 2.24. The van der Waals surface area contributed by atoms with Gasteiger partial charge in [-0.05, 0) is 48.2 Å². The minimum atomic E-state index is -0.126. The first-order chi connectivity index (χ1) is 13.5. The summed E-state index contributed by atoms with van der Waals surface area (Å²) in [5, 5.41) is 8.11. The number of methoxy groups -OCH3 is 1. The van der Waals surface area contributed by atoms with Crippen LogP contribution in [0.25, 0.3) is 5.69 Å². The Hall–Kier alpha value is -2.79. The number of rotatable bonds is 7. The summed E-state index contributed by atoms with van der Waals surface area (Å²) in [6, 6.07) is 15.2. The molecule has 0 aliphatic carbocycles. The van der Waals surface area contributed by atoms with Crippen molar-refractivity contribution in [3.05, 3.63) is 76.6 Å². The number of amides is 1.